The van der Waals surface area contributed by atoms with Crippen molar-refractivity contribution in [2.45, 2.75) is 19.3 Å². The van der Waals surface area contributed by atoms with E-state index in [1.54, 1.807) is 0 Å². The van der Waals surface area contributed by atoms with E-state index in [2.05, 4.69) is 4.74 Å². The third-order valence-corrected chi connectivity index (χ3v) is 1.37. The number of carbonyl (C=O) groups excluding carboxylic acids is 1. The minimum absolute atomic E-state index is 0.224. The summed E-state index contributed by atoms with van der Waals surface area (Å²) in [7, 11) is 1.36. The molecule has 0 bridgehead atoms. The number of rotatable bonds is 5. The number of hydrogen-bond acceptors (Lipinski definition) is 4. The SMILES string of the molecule is COC(=O)CCC/C(N)=C/C=N. The summed E-state index contributed by atoms with van der Waals surface area (Å²) in [6, 6.07) is 0. The lowest BCUT2D eigenvalue weighted by atomic mass is 10.2. The highest BCUT2D eigenvalue weighted by Gasteiger charge is 1.99. The standard InChI is InChI=1S/C8H14N2O2/c1-12-8(11)4-2-3-7(10)5-6-9/h5-6,9H,2-4,10H2,1H3/b7-5-,9-6?. The molecule has 0 aliphatic carbocycles. The van der Waals surface area contributed by atoms with Gasteiger partial charge in [-0.05, 0) is 18.9 Å². The molecule has 0 radical (unpaired) electrons. The van der Waals surface area contributed by atoms with Crippen molar-refractivity contribution >= 4 is 12.2 Å². The fourth-order valence-corrected chi connectivity index (χ4v) is 0.729. The van der Waals surface area contributed by atoms with Crippen LogP contribution in [0.3, 0.4) is 0 Å². The molecular weight excluding hydrogens is 156 g/mol. The summed E-state index contributed by atoms with van der Waals surface area (Å²) in [4.78, 5) is 10.6. The predicted octanol–water partition coefficient (Wildman–Crippen LogP) is 0.822. The number of hydrogen-bond donors (Lipinski definition) is 2. The molecule has 0 fully saturated rings. The van der Waals surface area contributed by atoms with E-state index in [0.29, 0.717) is 25.0 Å². The van der Waals surface area contributed by atoms with Gasteiger partial charge in [0.2, 0.25) is 0 Å². The van der Waals surface area contributed by atoms with Crippen molar-refractivity contribution < 1.29 is 9.53 Å². The van der Waals surface area contributed by atoms with Crippen LogP contribution in [0.4, 0.5) is 0 Å². The molecule has 3 N–H and O–H groups in total. The van der Waals surface area contributed by atoms with Gasteiger partial charge in [-0.25, -0.2) is 0 Å². The van der Waals surface area contributed by atoms with Crippen LogP contribution in [-0.2, 0) is 9.53 Å². The predicted molar refractivity (Wildman–Crippen MR) is 46.9 cm³/mol. The minimum Gasteiger partial charge on any atom is -0.469 e. The zero-order chi connectivity index (χ0) is 9.40. The zero-order valence-corrected chi connectivity index (χ0v) is 7.17. The van der Waals surface area contributed by atoms with Crippen LogP contribution in [0.5, 0.6) is 0 Å². The van der Waals surface area contributed by atoms with Crippen LogP contribution in [0.15, 0.2) is 11.8 Å². The Balaban J connectivity index is 3.49. The van der Waals surface area contributed by atoms with Crippen LogP contribution in [0.1, 0.15) is 19.3 Å². The second-order valence-electron chi connectivity index (χ2n) is 2.34. The Morgan fingerprint density at radius 2 is 2.25 bits per heavy atom. The summed E-state index contributed by atoms with van der Waals surface area (Å²) in [5.41, 5.74) is 6.09. The van der Waals surface area contributed by atoms with Crippen molar-refractivity contribution in [2.75, 3.05) is 7.11 Å². The maximum Gasteiger partial charge on any atom is 0.305 e. The Morgan fingerprint density at radius 1 is 1.58 bits per heavy atom. The number of nitrogens with two attached hydrogens (primary N) is 1. The lowest BCUT2D eigenvalue weighted by Gasteiger charge is -1.99. The number of ether oxygens (including phenoxy) is 1. The summed E-state index contributed by atoms with van der Waals surface area (Å²) >= 11 is 0. The van der Waals surface area contributed by atoms with Crippen molar-refractivity contribution in [1.29, 1.82) is 5.41 Å². The molecule has 0 heterocycles. The molecule has 0 aromatic heterocycles. The lowest BCUT2D eigenvalue weighted by Crippen LogP contribution is -2.02. The quantitative estimate of drug-likeness (QED) is 0.473. The molecule has 0 aromatic rings. The molecule has 0 amide bonds. The molecule has 0 saturated carbocycles. The fraction of sp³-hybridized carbons (Fsp3) is 0.500. The van der Waals surface area contributed by atoms with Crippen LogP contribution in [0.2, 0.25) is 0 Å². The van der Waals surface area contributed by atoms with Gasteiger partial charge in [-0.15, -0.1) is 0 Å². The van der Waals surface area contributed by atoms with Gasteiger partial charge in [0.25, 0.3) is 0 Å². The Bertz CT molecular complexity index is 187. The van der Waals surface area contributed by atoms with Crippen LogP contribution >= 0.6 is 0 Å². The largest absolute Gasteiger partial charge is 0.469 e. The molecule has 0 rings (SSSR count). The first-order valence-electron chi connectivity index (χ1n) is 3.72. The van der Waals surface area contributed by atoms with E-state index in [9.17, 15) is 4.79 Å². The van der Waals surface area contributed by atoms with Gasteiger partial charge in [0.15, 0.2) is 0 Å². The molecule has 0 aliphatic heterocycles. The lowest BCUT2D eigenvalue weighted by molar-refractivity contribution is -0.140. The smallest absolute Gasteiger partial charge is 0.305 e. The van der Waals surface area contributed by atoms with Crippen molar-refractivity contribution in [1.82, 2.24) is 0 Å². The average molecular weight is 170 g/mol. The Kier molecular flexibility index (Phi) is 5.69. The van der Waals surface area contributed by atoms with Crippen LogP contribution in [-0.4, -0.2) is 19.3 Å². The first-order chi connectivity index (χ1) is 5.70. The molecule has 68 valence electrons. The molecule has 4 heteroatoms. The number of carbonyl (C=O) groups is 1. The highest BCUT2D eigenvalue weighted by molar-refractivity contribution is 5.69. The van der Waals surface area contributed by atoms with Gasteiger partial charge in [0.05, 0.1) is 7.11 Å². The summed E-state index contributed by atoms with van der Waals surface area (Å²) in [6.45, 7) is 0. The van der Waals surface area contributed by atoms with Crippen LogP contribution in [0.25, 0.3) is 0 Å². The zero-order valence-electron chi connectivity index (χ0n) is 7.17. The van der Waals surface area contributed by atoms with Crippen LogP contribution < -0.4 is 5.73 Å². The molecule has 0 spiro atoms. The van der Waals surface area contributed by atoms with E-state index in [4.69, 9.17) is 11.1 Å². The Morgan fingerprint density at radius 3 is 2.75 bits per heavy atom. The number of nitrogens with one attached hydrogen (secondary N) is 1. The van der Waals surface area contributed by atoms with E-state index < -0.39 is 0 Å². The minimum atomic E-state index is -0.224. The molecule has 0 aromatic carbocycles. The van der Waals surface area contributed by atoms with Crippen molar-refractivity contribution in [3.05, 3.63) is 11.8 Å². The summed E-state index contributed by atoms with van der Waals surface area (Å²) in [5.74, 6) is -0.224. The maximum atomic E-state index is 10.6. The van der Waals surface area contributed by atoms with Gasteiger partial charge in [-0.2, -0.15) is 0 Å². The Labute approximate surface area is 71.9 Å². The summed E-state index contributed by atoms with van der Waals surface area (Å²) in [5, 5.41) is 6.72. The monoisotopic (exact) mass is 170 g/mol. The second kappa shape index (κ2) is 6.39. The molecular formula is C8H14N2O2. The summed E-state index contributed by atoms with van der Waals surface area (Å²) < 4.78 is 4.45. The van der Waals surface area contributed by atoms with E-state index in [1.165, 1.54) is 13.2 Å². The van der Waals surface area contributed by atoms with E-state index in [-0.39, 0.29) is 5.97 Å². The van der Waals surface area contributed by atoms with Crippen LogP contribution in [0, 0.1) is 5.41 Å². The van der Waals surface area contributed by atoms with Gasteiger partial charge < -0.3 is 15.9 Å². The second-order valence-corrected chi connectivity index (χ2v) is 2.34. The van der Waals surface area contributed by atoms with Gasteiger partial charge in [0.1, 0.15) is 0 Å². The molecule has 0 saturated heterocycles. The number of methoxy groups -OCH3 is 1. The highest BCUT2D eigenvalue weighted by Crippen LogP contribution is 2.01. The third-order valence-electron chi connectivity index (χ3n) is 1.37. The first kappa shape index (κ1) is 10.7. The molecule has 0 unspecified atom stereocenters. The molecule has 0 atom stereocenters. The third kappa shape index (κ3) is 5.46. The highest BCUT2D eigenvalue weighted by atomic mass is 16.5. The number of esters is 1. The average Bonchev–Trinajstić information content (AvgIpc) is 2.04. The molecule has 4 nitrogen and oxygen atoms in total. The molecule has 12 heavy (non-hydrogen) atoms. The normalized spacial score (nSPS) is 10.9. The van der Waals surface area contributed by atoms with Gasteiger partial charge >= 0.3 is 5.97 Å². The maximum absolute atomic E-state index is 10.6. The van der Waals surface area contributed by atoms with E-state index in [0.717, 1.165) is 6.21 Å². The van der Waals surface area contributed by atoms with Crippen molar-refractivity contribution in [2.24, 2.45) is 5.73 Å². The number of allylic oxidation sites excluding steroid dienone is 2. The van der Waals surface area contributed by atoms with E-state index in [1.807, 2.05) is 0 Å². The molecule has 0 aliphatic rings. The van der Waals surface area contributed by atoms with Gasteiger partial charge in [0, 0.05) is 18.3 Å². The fourth-order valence-electron chi connectivity index (χ4n) is 0.729. The Hall–Kier alpha value is -1.32. The van der Waals surface area contributed by atoms with Crippen molar-refractivity contribution in [3.63, 3.8) is 0 Å². The summed E-state index contributed by atoms with van der Waals surface area (Å²) in [6.07, 6.45) is 4.32. The first-order valence-corrected chi connectivity index (χ1v) is 3.72. The topological polar surface area (TPSA) is 76.2 Å². The van der Waals surface area contributed by atoms with Crippen molar-refractivity contribution in [3.8, 4) is 0 Å². The van der Waals surface area contributed by atoms with Gasteiger partial charge in [-0.1, -0.05) is 0 Å². The van der Waals surface area contributed by atoms with E-state index >= 15 is 0 Å². The van der Waals surface area contributed by atoms with Gasteiger partial charge in [-0.3, -0.25) is 4.79 Å².